The molecule has 122 valence electrons. The number of amides is 1. The Labute approximate surface area is 136 Å². The quantitative estimate of drug-likeness (QED) is 0.909. The Morgan fingerprint density at radius 1 is 1.43 bits per heavy atom. The van der Waals surface area contributed by atoms with Crippen LogP contribution in [0.15, 0.2) is 30.6 Å². The highest BCUT2D eigenvalue weighted by Gasteiger charge is 2.29. The van der Waals surface area contributed by atoms with E-state index in [2.05, 4.69) is 15.4 Å². The summed E-state index contributed by atoms with van der Waals surface area (Å²) in [5.74, 6) is 1.38. The molecule has 3 rings (SSSR count). The maximum absolute atomic E-state index is 12.9. The number of rotatable bonds is 5. The minimum Gasteiger partial charge on any atom is -0.338 e. The van der Waals surface area contributed by atoms with Crippen molar-refractivity contribution in [1.29, 1.82) is 0 Å². The molecule has 2 aromatic heterocycles. The van der Waals surface area contributed by atoms with Gasteiger partial charge in [-0.1, -0.05) is 13.0 Å². The van der Waals surface area contributed by atoms with Crippen LogP contribution in [0.25, 0.3) is 5.82 Å². The molecule has 1 atom stereocenters. The van der Waals surface area contributed by atoms with Crippen LogP contribution in [-0.4, -0.2) is 52.3 Å². The monoisotopic (exact) mass is 313 g/mol. The smallest absolute Gasteiger partial charge is 0.257 e. The van der Waals surface area contributed by atoms with Gasteiger partial charge in [0.05, 0.1) is 17.5 Å². The number of hydrogen-bond donors (Lipinski definition) is 1. The summed E-state index contributed by atoms with van der Waals surface area (Å²) in [6.45, 7) is 4.64. The van der Waals surface area contributed by atoms with E-state index >= 15 is 0 Å². The number of carbonyl (C=O) groups is 1. The van der Waals surface area contributed by atoms with Gasteiger partial charge in [-0.05, 0) is 44.5 Å². The molecule has 1 fully saturated rings. The van der Waals surface area contributed by atoms with Gasteiger partial charge in [0.1, 0.15) is 0 Å². The number of nitrogens with zero attached hydrogens (tertiary/aromatic N) is 4. The van der Waals surface area contributed by atoms with E-state index in [1.165, 1.54) is 0 Å². The Kier molecular flexibility index (Phi) is 4.71. The highest BCUT2D eigenvalue weighted by atomic mass is 16.2. The average molecular weight is 313 g/mol. The third kappa shape index (κ3) is 3.12. The van der Waals surface area contributed by atoms with Crippen LogP contribution in [0.5, 0.6) is 0 Å². The fourth-order valence-corrected chi connectivity index (χ4v) is 3.21. The molecule has 1 aliphatic rings. The SMILES string of the molecule is CCc1c(C(=O)N2CC[C@H](CNC)C2)cnn1-c1ccccn1. The van der Waals surface area contributed by atoms with Gasteiger partial charge in [0.2, 0.25) is 0 Å². The molecule has 0 saturated carbocycles. The van der Waals surface area contributed by atoms with E-state index in [1.54, 1.807) is 17.1 Å². The second-order valence-electron chi connectivity index (χ2n) is 5.92. The first-order valence-electron chi connectivity index (χ1n) is 8.16. The lowest BCUT2D eigenvalue weighted by molar-refractivity contribution is 0.0786. The molecule has 2 aromatic rings. The van der Waals surface area contributed by atoms with Crippen molar-refractivity contribution in [3.63, 3.8) is 0 Å². The molecule has 1 amide bonds. The van der Waals surface area contributed by atoms with Gasteiger partial charge >= 0.3 is 0 Å². The molecule has 3 heterocycles. The van der Waals surface area contributed by atoms with Crippen LogP contribution in [0, 0.1) is 5.92 Å². The summed E-state index contributed by atoms with van der Waals surface area (Å²) in [5.41, 5.74) is 1.62. The first kappa shape index (κ1) is 15.7. The highest BCUT2D eigenvalue weighted by molar-refractivity contribution is 5.95. The van der Waals surface area contributed by atoms with Gasteiger partial charge in [-0.15, -0.1) is 0 Å². The Hall–Kier alpha value is -2.21. The van der Waals surface area contributed by atoms with E-state index in [1.807, 2.05) is 37.1 Å². The lowest BCUT2D eigenvalue weighted by Gasteiger charge is -2.17. The minimum atomic E-state index is 0.0858. The van der Waals surface area contributed by atoms with Gasteiger partial charge in [-0.25, -0.2) is 9.67 Å². The molecular formula is C17H23N5O. The molecule has 6 heteroatoms. The average Bonchev–Trinajstić information content (AvgIpc) is 3.22. The normalized spacial score (nSPS) is 17.7. The van der Waals surface area contributed by atoms with Gasteiger partial charge in [0, 0.05) is 19.3 Å². The number of carbonyl (C=O) groups excluding carboxylic acids is 1. The molecule has 23 heavy (non-hydrogen) atoms. The van der Waals surface area contributed by atoms with Crippen LogP contribution in [0.1, 0.15) is 29.4 Å². The summed E-state index contributed by atoms with van der Waals surface area (Å²) in [5, 5.41) is 7.59. The van der Waals surface area contributed by atoms with Gasteiger partial charge in [0.15, 0.2) is 5.82 Å². The Balaban J connectivity index is 1.83. The Morgan fingerprint density at radius 2 is 2.30 bits per heavy atom. The molecule has 0 spiro atoms. The number of aromatic nitrogens is 3. The zero-order chi connectivity index (χ0) is 16.2. The number of pyridine rings is 1. The van der Waals surface area contributed by atoms with Crippen LogP contribution in [-0.2, 0) is 6.42 Å². The Bertz CT molecular complexity index is 667. The van der Waals surface area contributed by atoms with Crippen LogP contribution in [0.2, 0.25) is 0 Å². The van der Waals surface area contributed by atoms with Gasteiger partial charge in [-0.3, -0.25) is 4.79 Å². The van der Waals surface area contributed by atoms with Crippen molar-refractivity contribution in [2.45, 2.75) is 19.8 Å². The van der Waals surface area contributed by atoms with E-state index < -0.39 is 0 Å². The van der Waals surface area contributed by atoms with Crippen molar-refractivity contribution in [2.24, 2.45) is 5.92 Å². The molecule has 6 nitrogen and oxygen atoms in total. The Morgan fingerprint density at radius 3 is 3.00 bits per heavy atom. The first-order valence-corrected chi connectivity index (χ1v) is 8.16. The van der Waals surface area contributed by atoms with E-state index in [9.17, 15) is 4.79 Å². The summed E-state index contributed by atoms with van der Waals surface area (Å²) in [7, 11) is 1.95. The predicted molar refractivity (Wildman–Crippen MR) is 88.7 cm³/mol. The highest BCUT2D eigenvalue weighted by Crippen LogP contribution is 2.21. The van der Waals surface area contributed by atoms with Crippen molar-refractivity contribution >= 4 is 5.91 Å². The predicted octanol–water partition coefficient (Wildman–Crippen LogP) is 1.51. The number of nitrogens with one attached hydrogen (secondary N) is 1. The fourth-order valence-electron chi connectivity index (χ4n) is 3.21. The topological polar surface area (TPSA) is 63.1 Å². The van der Waals surface area contributed by atoms with Crippen molar-refractivity contribution in [3.8, 4) is 5.82 Å². The third-order valence-electron chi connectivity index (χ3n) is 4.37. The molecule has 1 aliphatic heterocycles. The minimum absolute atomic E-state index is 0.0858. The lowest BCUT2D eigenvalue weighted by atomic mass is 10.1. The van der Waals surface area contributed by atoms with Crippen LogP contribution in [0.3, 0.4) is 0 Å². The molecule has 0 bridgehead atoms. The van der Waals surface area contributed by atoms with Gasteiger partial charge in [0.25, 0.3) is 5.91 Å². The molecule has 0 aromatic carbocycles. The van der Waals surface area contributed by atoms with Crippen LogP contribution in [0.4, 0.5) is 0 Å². The molecule has 1 saturated heterocycles. The number of likely N-dealkylation sites (tertiary alicyclic amines) is 1. The summed E-state index contributed by atoms with van der Waals surface area (Å²) >= 11 is 0. The lowest BCUT2D eigenvalue weighted by Crippen LogP contribution is -2.30. The summed E-state index contributed by atoms with van der Waals surface area (Å²) in [4.78, 5) is 19.1. The maximum Gasteiger partial charge on any atom is 0.257 e. The van der Waals surface area contributed by atoms with Gasteiger partial charge < -0.3 is 10.2 Å². The zero-order valence-electron chi connectivity index (χ0n) is 13.7. The van der Waals surface area contributed by atoms with Crippen molar-refractivity contribution in [1.82, 2.24) is 25.0 Å². The van der Waals surface area contributed by atoms with E-state index in [0.717, 1.165) is 44.0 Å². The molecule has 0 unspecified atom stereocenters. The van der Waals surface area contributed by atoms with E-state index in [0.29, 0.717) is 11.5 Å². The molecule has 0 radical (unpaired) electrons. The standard InChI is InChI=1S/C17H23N5O/c1-3-15-14(11-20-22(15)16-6-4-5-8-19-16)17(23)21-9-7-13(12-21)10-18-2/h4-6,8,11,13,18H,3,7,9-10,12H2,1-2H3/t13-/m1/s1. The van der Waals surface area contributed by atoms with E-state index in [4.69, 9.17) is 0 Å². The maximum atomic E-state index is 12.9. The van der Waals surface area contributed by atoms with Crippen molar-refractivity contribution in [3.05, 3.63) is 41.9 Å². The summed E-state index contributed by atoms with van der Waals surface area (Å²) in [6, 6.07) is 5.70. The molecule has 1 N–H and O–H groups in total. The van der Waals surface area contributed by atoms with Crippen LogP contribution >= 0.6 is 0 Å². The van der Waals surface area contributed by atoms with Gasteiger partial charge in [-0.2, -0.15) is 5.10 Å². The first-order chi connectivity index (χ1) is 11.2. The second-order valence-corrected chi connectivity index (χ2v) is 5.92. The molecule has 0 aliphatic carbocycles. The third-order valence-corrected chi connectivity index (χ3v) is 4.37. The number of hydrogen-bond acceptors (Lipinski definition) is 4. The fraction of sp³-hybridized carbons (Fsp3) is 0.471. The van der Waals surface area contributed by atoms with Crippen LogP contribution < -0.4 is 5.32 Å². The van der Waals surface area contributed by atoms with Crippen molar-refractivity contribution in [2.75, 3.05) is 26.7 Å². The largest absolute Gasteiger partial charge is 0.338 e. The summed E-state index contributed by atoms with van der Waals surface area (Å²) in [6.07, 6.45) is 5.22. The second kappa shape index (κ2) is 6.91. The zero-order valence-corrected chi connectivity index (χ0v) is 13.7. The molecular weight excluding hydrogens is 290 g/mol. The van der Waals surface area contributed by atoms with Crippen molar-refractivity contribution < 1.29 is 4.79 Å². The van der Waals surface area contributed by atoms with E-state index in [-0.39, 0.29) is 5.91 Å². The summed E-state index contributed by atoms with van der Waals surface area (Å²) < 4.78 is 1.77.